The molecular formula is C19H15N3O6S. The van der Waals surface area contributed by atoms with Crippen LogP contribution in [0.1, 0.15) is 37.5 Å². The summed E-state index contributed by atoms with van der Waals surface area (Å²) < 4.78 is 31.4. The number of hydrogen-bond acceptors (Lipinski definition) is 7. The van der Waals surface area contributed by atoms with E-state index in [1.165, 1.54) is 36.4 Å². The normalized spacial score (nSPS) is 13.1. The first kappa shape index (κ1) is 20.2. The number of fused-ring (bicyclic) bond motifs is 1. The maximum absolute atomic E-state index is 12.2. The number of sulfonamides is 1. The van der Waals surface area contributed by atoms with Crippen LogP contribution in [0.3, 0.4) is 0 Å². The third-order valence-electron chi connectivity index (χ3n) is 4.13. The van der Waals surface area contributed by atoms with Crippen LogP contribution in [0.5, 0.6) is 0 Å². The smallest absolute Gasteiger partial charge is 0.339 e. The van der Waals surface area contributed by atoms with Gasteiger partial charge < -0.3 is 4.74 Å². The van der Waals surface area contributed by atoms with Gasteiger partial charge in [0.2, 0.25) is 10.0 Å². The van der Waals surface area contributed by atoms with Gasteiger partial charge in [0.25, 0.3) is 11.8 Å². The molecule has 9 nitrogen and oxygen atoms in total. The summed E-state index contributed by atoms with van der Waals surface area (Å²) in [6.45, 7) is -0.580. The van der Waals surface area contributed by atoms with E-state index in [1.807, 2.05) is 6.07 Å². The molecule has 29 heavy (non-hydrogen) atoms. The van der Waals surface area contributed by atoms with Gasteiger partial charge in [0, 0.05) is 13.0 Å². The Morgan fingerprint density at radius 2 is 1.62 bits per heavy atom. The highest BCUT2D eigenvalue weighted by Crippen LogP contribution is 2.22. The van der Waals surface area contributed by atoms with Crippen molar-refractivity contribution >= 4 is 27.8 Å². The molecule has 0 spiro atoms. The Balaban J connectivity index is 1.63. The van der Waals surface area contributed by atoms with Gasteiger partial charge in [-0.3, -0.25) is 9.59 Å². The largest absolute Gasteiger partial charge is 0.440 e. The quantitative estimate of drug-likeness (QED) is 0.411. The number of benzene rings is 2. The molecule has 0 fully saturated rings. The lowest BCUT2D eigenvalue weighted by Gasteiger charge is -2.14. The maximum Gasteiger partial charge on any atom is 0.339 e. The molecule has 0 atom stereocenters. The number of esters is 1. The zero-order valence-corrected chi connectivity index (χ0v) is 15.8. The van der Waals surface area contributed by atoms with E-state index in [0.29, 0.717) is 0 Å². The standard InChI is InChI=1S/C19H15N3O6S/c20-10-3-11-21-29(26,27)14-8-6-13(7-9-14)19(25)28-12-22-17(23)15-4-1-2-5-16(15)18(22)24/h1-2,4-9,21H,3,11-12H2. The van der Waals surface area contributed by atoms with Crippen LogP contribution in [0, 0.1) is 11.3 Å². The van der Waals surface area contributed by atoms with E-state index in [-0.39, 0.29) is 34.6 Å². The molecule has 3 rings (SSSR count). The van der Waals surface area contributed by atoms with Crippen molar-refractivity contribution in [3.8, 4) is 6.07 Å². The fourth-order valence-corrected chi connectivity index (χ4v) is 3.69. The lowest BCUT2D eigenvalue weighted by molar-refractivity contribution is 0.0228. The van der Waals surface area contributed by atoms with Crippen molar-refractivity contribution in [2.75, 3.05) is 13.3 Å². The van der Waals surface area contributed by atoms with Crippen LogP contribution in [-0.4, -0.2) is 44.4 Å². The molecule has 1 aliphatic heterocycles. The summed E-state index contributed by atoms with van der Waals surface area (Å²) in [4.78, 5) is 37.4. The van der Waals surface area contributed by atoms with Crippen LogP contribution < -0.4 is 4.72 Å². The Morgan fingerprint density at radius 3 is 2.17 bits per heavy atom. The van der Waals surface area contributed by atoms with E-state index in [1.54, 1.807) is 12.1 Å². The Hall–Kier alpha value is -3.55. The highest BCUT2D eigenvalue weighted by molar-refractivity contribution is 7.89. The van der Waals surface area contributed by atoms with E-state index in [2.05, 4.69) is 4.72 Å². The number of amides is 2. The number of carbonyl (C=O) groups is 3. The molecule has 0 radical (unpaired) electrons. The van der Waals surface area contributed by atoms with E-state index >= 15 is 0 Å². The zero-order valence-electron chi connectivity index (χ0n) is 15.0. The monoisotopic (exact) mass is 413 g/mol. The second-order valence-corrected chi connectivity index (χ2v) is 7.74. The van der Waals surface area contributed by atoms with Crippen molar-refractivity contribution in [1.29, 1.82) is 5.26 Å². The molecule has 0 aliphatic carbocycles. The molecule has 1 aliphatic rings. The molecule has 0 aromatic heterocycles. The van der Waals surface area contributed by atoms with Crippen LogP contribution in [0.4, 0.5) is 0 Å². The molecule has 10 heteroatoms. The first-order chi connectivity index (χ1) is 13.8. The molecule has 2 amide bonds. The fraction of sp³-hybridized carbons (Fsp3) is 0.158. The summed E-state index contributed by atoms with van der Waals surface area (Å²) >= 11 is 0. The molecule has 2 aromatic carbocycles. The second-order valence-electron chi connectivity index (χ2n) is 5.98. The van der Waals surface area contributed by atoms with E-state index < -0.39 is 34.5 Å². The minimum Gasteiger partial charge on any atom is -0.440 e. The number of carbonyl (C=O) groups excluding carboxylic acids is 3. The molecule has 0 saturated heterocycles. The molecule has 0 unspecified atom stereocenters. The van der Waals surface area contributed by atoms with Gasteiger partial charge >= 0.3 is 5.97 Å². The number of ether oxygens (including phenoxy) is 1. The summed E-state index contributed by atoms with van der Waals surface area (Å²) in [6.07, 6.45) is 0.0292. The summed E-state index contributed by atoms with van der Waals surface area (Å²) in [5.74, 6) is -1.92. The Kier molecular flexibility index (Phi) is 5.72. The number of rotatable bonds is 7. The van der Waals surface area contributed by atoms with Crippen LogP contribution >= 0.6 is 0 Å². The van der Waals surface area contributed by atoms with Gasteiger partial charge in [-0.05, 0) is 36.4 Å². The lowest BCUT2D eigenvalue weighted by Crippen LogP contribution is -2.33. The number of nitrogens with one attached hydrogen (secondary N) is 1. The van der Waals surface area contributed by atoms with Gasteiger partial charge in [-0.15, -0.1) is 0 Å². The highest BCUT2D eigenvalue weighted by Gasteiger charge is 2.35. The van der Waals surface area contributed by atoms with Crippen molar-refractivity contribution in [2.24, 2.45) is 0 Å². The highest BCUT2D eigenvalue weighted by atomic mass is 32.2. The Morgan fingerprint density at radius 1 is 1.03 bits per heavy atom. The lowest BCUT2D eigenvalue weighted by atomic mass is 10.1. The van der Waals surface area contributed by atoms with Crippen molar-refractivity contribution in [3.63, 3.8) is 0 Å². The number of hydrogen-bond donors (Lipinski definition) is 1. The summed E-state index contributed by atoms with van der Waals surface area (Å²) in [6, 6.07) is 13.1. The van der Waals surface area contributed by atoms with Crippen LogP contribution in [-0.2, 0) is 14.8 Å². The Labute approximate surface area is 166 Å². The number of nitrogens with zero attached hydrogens (tertiary/aromatic N) is 2. The van der Waals surface area contributed by atoms with Crippen LogP contribution in [0.15, 0.2) is 53.4 Å². The second kappa shape index (κ2) is 8.22. The number of nitriles is 1. The number of imide groups is 1. The van der Waals surface area contributed by atoms with Crippen LogP contribution in [0.2, 0.25) is 0 Å². The first-order valence-corrected chi connectivity index (χ1v) is 9.92. The summed E-state index contributed by atoms with van der Waals surface area (Å²) in [5, 5.41) is 8.46. The van der Waals surface area contributed by atoms with Crippen molar-refractivity contribution < 1.29 is 27.5 Å². The predicted molar refractivity (Wildman–Crippen MR) is 99.1 cm³/mol. The molecule has 148 valence electrons. The van der Waals surface area contributed by atoms with Crippen molar-refractivity contribution in [1.82, 2.24) is 9.62 Å². The van der Waals surface area contributed by atoms with Crippen molar-refractivity contribution in [2.45, 2.75) is 11.3 Å². The first-order valence-electron chi connectivity index (χ1n) is 8.44. The predicted octanol–water partition coefficient (Wildman–Crippen LogP) is 1.29. The SMILES string of the molecule is N#CCCNS(=O)(=O)c1ccc(C(=O)OCN2C(=O)c3ccccc3C2=O)cc1. The maximum atomic E-state index is 12.2. The van der Waals surface area contributed by atoms with Gasteiger partial charge in [-0.25, -0.2) is 22.8 Å². The molecule has 0 bridgehead atoms. The summed E-state index contributed by atoms with van der Waals surface area (Å²) in [7, 11) is -3.80. The molecule has 1 heterocycles. The van der Waals surface area contributed by atoms with E-state index in [9.17, 15) is 22.8 Å². The third-order valence-corrected chi connectivity index (χ3v) is 5.61. The third kappa shape index (κ3) is 4.16. The minimum atomic E-state index is -3.80. The van der Waals surface area contributed by atoms with Crippen molar-refractivity contribution in [3.05, 3.63) is 65.2 Å². The fourth-order valence-electron chi connectivity index (χ4n) is 2.66. The van der Waals surface area contributed by atoms with Crippen LogP contribution in [0.25, 0.3) is 0 Å². The van der Waals surface area contributed by atoms with E-state index in [4.69, 9.17) is 10.00 Å². The summed E-state index contributed by atoms with van der Waals surface area (Å²) in [5.41, 5.74) is 0.539. The average Bonchev–Trinajstić information content (AvgIpc) is 2.97. The minimum absolute atomic E-state index is 0.0249. The Bertz CT molecular complexity index is 1080. The van der Waals surface area contributed by atoms with E-state index in [0.717, 1.165) is 4.90 Å². The molecule has 2 aromatic rings. The van der Waals surface area contributed by atoms with Gasteiger partial charge in [-0.1, -0.05) is 12.1 Å². The zero-order chi connectivity index (χ0) is 21.0. The van der Waals surface area contributed by atoms with Gasteiger partial charge in [0.1, 0.15) is 0 Å². The average molecular weight is 413 g/mol. The van der Waals surface area contributed by atoms with Gasteiger partial charge in [0.15, 0.2) is 6.73 Å². The molecule has 0 saturated carbocycles. The topological polar surface area (TPSA) is 134 Å². The molecule has 1 N–H and O–H groups in total. The van der Waals surface area contributed by atoms with Gasteiger partial charge in [0.05, 0.1) is 27.7 Å². The van der Waals surface area contributed by atoms with Gasteiger partial charge in [-0.2, -0.15) is 5.26 Å². The molecular weight excluding hydrogens is 398 g/mol.